The topological polar surface area (TPSA) is 108 Å². The van der Waals surface area contributed by atoms with E-state index in [9.17, 15) is 24.1 Å². The molecule has 2 aromatic rings. The van der Waals surface area contributed by atoms with Crippen molar-refractivity contribution >= 4 is 23.3 Å². The molecule has 142 valence electrons. The van der Waals surface area contributed by atoms with E-state index in [-0.39, 0.29) is 17.9 Å². The fraction of sp³-hybridized carbons (Fsp3) is 0.222. The molecule has 0 fully saturated rings. The number of ether oxygens (including phenoxy) is 2. The molecule has 8 nitrogen and oxygen atoms in total. The molecule has 0 saturated carbocycles. The van der Waals surface area contributed by atoms with Crippen molar-refractivity contribution in [2.45, 2.75) is 13.3 Å². The van der Waals surface area contributed by atoms with Crippen molar-refractivity contribution in [3.05, 3.63) is 63.5 Å². The molecule has 0 bridgehead atoms. The van der Waals surface area contributed by atoms with Crippen LogP contribution in [0.1, 0.15) is 11.1 Å². The zero-order valence-corrected chi connectivity index (χ0v) is 14.7. The Labute approximate surface area is 154 Å². The highest BCUT2D eigenvalue weighted by atomic mass is 19.1. The van der Waals surface area contributed by atoms with Gasteiger partial charge in [0.15, 0.2) is 12.4 Å². The summed E-state index contributed by atoms with van der Waals surface area (Å²) in [5, 5.41) is 13.5. The van der Waals surface area contributed by atoms with Gasteiger partial charge in [0.05, 0.1) is 18.5 Å². The predicted octanol–water partition coefficient (Wildman–Crippen LogP) is 2.78. The molecule has 1 amide bonds. The van der Waals surface area contributed by atoms with Crippen LogP contribution in [0.3, 0.4) is 0 Å². The first-order chi connectivity index (χ1) is 12.8. The predicted molar refractivity (Wildman–Crippen MR) is 94.1 cm³/mol. The van der Waals surface area contributed by atoms with Crippen molar-refractivity contribution in [1.82, 2.24) is 0 Å². The molecule has 1 N–H and O–H groups in total. The standard InChI is InChI=1S/C18H17FN2O6/c1-11-7-15(21(24)25)16(26-2)9-14(11)20-17(22)10-27-18(23)8-12-3-5-13(19)6-4-12/h3-7,9H,8,10H2,1-2H3,(H,20,22). The van der Waals surface area contributed by atoms with E-state index >= 15 is 0 Å². The SMILES string of the molecule is COc1cc(NC(=O)COC(=O)Cc2ccc(F)cc2)c(C)cc1[N+](=O)[O-]. The number of carbonyl (C=O) groups excluding carboxylic acids is 2. The number of nitro groups is 1. The number of hydrogen-bond acceptors (Lipinski definition) is 6. The Morgan fingerprint density at radius 2 is 1.89 bits per heavy atom. The third-order valence-electron chi connectivity index (χ3n) is 3.62. The van der Waals surface area contributed by atoms with Crippen LogP contribution in [-0.4, -0.2) is 30.5 Å². The second-order valence-corrected chi connectivity index (χ2v) is 5.61. The van der Waals surface area contributed by atoms with Crippen LogP contribution in [0.15, 0.2) is 36.4 Å². The summed E-state index contributed by atoms with van der Waals surface area (Å²) in [6.07, 6.45) is -0.0993. The van der Waals surface area contributed by atoms with Gasteiger partial charge in [-0.25, -0.2) is 4.39 Å². The fourth-order valence-electron chi connectivity index (χ4n) is 2.27. The van der Waals surface area contributed by atoms with Gasteiger partial charge in [0.25, 0.3) is 5.91 Å². The largest absolute Gasteiger partial charge is 0.490 e. The maximum Gasteiger partial charge on any atom is 0.311 e. The number of hydrogen-bond donors (Lipinski definition) is 1. The highest BCUT2D eigenvalue weighted by Crippen LogP contribution is 2.32. The molecule has 27 heavy (non-hydrogen) atoms. The molecular formula is C18H17FN2O6. The van der Waals surface area contributed by atoms with Crippen LogP contribution in [0.5, 0.6) is 5.75 Å². The number of benzene rings is 2. The molecule has 0 atom stereocenters. The van der Waals surface area contributed by atoms with Gasteiger partial charge in [-0.15, -0.1) is 0 Å². The summed E-state index contributed by atoms with van der Waals surface area (Å²) in [4.78, 5) is 34.1. The van der Waals surface area contributed by atoms with E-state index in [2.05, 4.69) is 5.32 Å². The number of carbonyl (C=O) groups is 2. The van der Waals surface area contributed by atoms with Crippen LogP contribution in [0.2, 0.25) is 0 Å². The number of aryl methyl sites for hydroxylation is 1. The summed E-state index contributed by atoms with van der Waals surface area (Å²) in [6, 6.07) is 7.94. The molecule has 0 saturated heterocycles. The summed E-state index contributed by atoms with van der Waals surface area (Å²) in [7, 11) is 1.28. The molecule has 0 spiro atoms. The van der Waals surface area contributed by atoms with Crippen molar-refractivity contribution < 1.29 is 28.4 Å². The molecular weight excluding hydrogens is 359 g/mol. The zero-order valence-electron chi connectivity index (χ0n) is 14.7. The average Bonchev–Trinajstić information content (AvgIpc) is 2.63. The Morgan fingerprint density at radius 1 is 1.22 bits per heavy atom. The van der Waals surface area contributed by atoms with Crippen LogP contribution in [0.25, 0.3) is 0 Å². The molecule has 9 heteroatoms. The molecule has 2 aromatic carbocycles. The Morgan fingerprint density at radius 3 is 2.48 bits per heavy atom. The van der Waals surface area contributed by atoms with Crippen molar-refractivity contribution in [3.8, 4) is 5.75 Å². The van der Waals surface area contributed by atoms with E-state index in [4.69, 9.17) is 9.47 Å². The van der Waals surface area contributed by atoms with Crippen LogP contribution in [0, 0.1) is 22.9 Å². The third-order valence-corrected chi connectivity index (χ3v) is 3.62. The number of nitrogens with one attached hydrogen (secondary N) is 1. The highest BCUT2D eigenvalue weighted by Gasteiger charge is 2.18. The van der Waals surface area contributed by atoms with E-state index in [1.165, 1.54) is 43.5 Å². The van der Waals surface area contributed by atoms with Crippen LogP contribution >= 0.6 is 0 Å². The Bertz CT molecular complexity index is 867. The van der Waals surface area contributed by atoms with Gasteiger partial charge in [-0.2, -0.15) is 0 Å². The summed E-state index contributed by atoms with van der Waals surface area (Å²) in [6.45, 7) is 1.06. The van der Waals surface area contributed by atoms with Gasteiger partial charge in [0, 0.05) is 17.8 Å². The first-order valence-electron chi connectivity index (χ1n) is 7.83. The normalized spacial score (nSPS) is 10.2. The van der Waals surface area contributed by atoms with E-state index in [0.717, 1.165) is 0 Å². The molecule has 0 radical (unpaired) electrons. The smallest absolute Gasteiger partial charge is 0.311 e. The van der Waals surface area contributed by atoms with E-state index in [1.807, 2.05) is 0 Å². The average molecular weight is 376 g/mol. The summed E-state index contributed by atoms with van der Waals surface area (Å²) < 4.78 is 22.7. The van der Waals surface area contributed by atoms with Crippen molar-refractivity contribution in [1.29, 1.82) is 0 Å². The number of rotatable bonds is 7. The summed E-state index contributed by atoms with van der Waals surface area (Å²) >= 11 is 0. The maximum atomic E-state index is 12.8. The van der Waals surface area contributed by atoms with Gasteiger partial charge in [-0.05, 0) is 30.2 Å². The van der Waals surface area contributed by atoms with Gasteiger partial charge in [-0.1, -0.05) is 12.1 Å². The molecule has 0 aliphatic carbocycles. The number of methoxy groups -OCH3 is 1. The quantitative estimate of drug-likeness (QED) is 0.452. The second-order valence-electron chi connectivity index (χ2n) is 5.61. The highest BCUT2D eigenvalue weighted by molar-refractivity contribution is 5.94. The monoisotopic (exact) mass is 376 g/mol. The minimum atomic E-state index is -0.644. The Kier molecular flexibility index (Phi) is 6.42. The van der Waals surface area contributed by atoms with E-state index in [0.29, 0.717) is 16.8 Å². The van der Waals surface area contributed by atoms with Gasteiger partial charge in [-0.3, -0.25) is 19.7 Å². The molecule has 0 aromatic heterocycles. The summed E-state index contributed by atoms with van der Waals surface area (Å²) in [5.41, 5.74) is 1.09. The van der Waals surface area contributed by atoms with Crippen molar-refractivity contribution in [2.75, 3.05) is 19.0 Å². The number of amides is 1. The number of esters is 1. The van der Waals surface area contributed by atoms with E-state index in [1.54, 1.807) is 6.92 Å². The lowest BCUT2D eigenvalue weighted by Crippen LogP contribution is -2.22. The lowest BCUT2D eigenvalue weighted by molar-refractivity contribution is -0.385. The van der Waals surface area contributed by atoms with E-state index < -0.39 is 29.2 Å². The fourth-order valence-corrected chi connectivity index (χ4v) is 2.27. The number of anilines is 1. The molecule has 0 unspecified atom stereocenters. The lowest BCUT2D eigenvalue weighted by atomic mass is 10.1. The first-order valence-corrected chi connectivity index (χ1v) is 7.83. The maximum absolute atomic E-state index is 12.8. The van der Waals surface area contributed by atoms with Gasteiger partial charge < -0.3 is 14.8 Å². The second kappa shape index (κ2) is 8.75. The lowest BCUT2D eigenvalue weighted by Gasteiger charge is -2.11. The molecule has 0 aliphatic heterocycles. The molecule has 0 aliphatic rings. The Balaban J connectivity index is 1.94. The number of nitro benzene ring substituents is 1. The Hall–Kier alpha value is -3.49. The van der Waals surface area contributed by atoms with Crippen LogP contribution < -0.4 is 10.1 Å². The zero-order chi connectivity index (χ0) is 20.0. The number of nitrogens with zero attached hydrogens (tertiary/aromatic N) is 1. The minimum Gasteiger partial charge on any atom is -0.490 e. The van der Waals surface area contributed by atoms with Crippen LogP contribution in [0.4, 0.5) is 15.8 Å². The third kappa shape index (κ3) is 5.50. The van der Waals surface area contributed by atoms with Crippen LogP contribution in [-0.2, 0) is 20.7 Å². The summed E-state index contributed by atoms with van der Waals surface area (Å²) in [5.74, 6) is -1.68. The van der Waals surface area contributed by atoms with Gasteiger partial charge >= 0.3 is 11.7 Å². The minimum absolute atomic E-state index is 0.00537. The number of halogens is 1. The van der Waals surface area contributed by atoms with Gasteiger partial charge in [0.2, 0.25) is 0 Å². The van der Waals surface area contributed by atoms with Crippen molar-refractivity contribution in [3.63, 3.8) is 0 Å². The molecule has 2 rings (SSSR count). The van der Waals surface area contributed by atoms with Crippen molar-refractivity contribution in [2.24, 2.45) is 0 Å². The van der Waals surface area contributed by atoms with Gasteiger partial charge in [0.1, 0.15) is 5.82 Å². The first kappa shape index (κ1) is 19.8. The molecule has 0 heterocycles.